The highest BCUT2D eigenvalue weighted by molar-refractivity contribution is 5.69. The maximum Gasteiger partial charge on any atom is 0.0208 e. The second-order valence-electron chi connectivity index (χ2n) is 6.64. The highest BCUT2D eigenvalue weighted by atomic mass is 14.9. The Bertz CT molecular complexity index is 668. The molecule has 2 aromatic carbocycles. The van der Waals surface area contributed by atoms with Crippen molar-refractivity contribution >= 4 is 0 Å². The number of nitrogens with one attached hydrogen (secondary N) is 1. The third-order valence-corrected chi connectivity index (χ3v) is 4.88. The second kappa shape index (κ2) is 5.31. The standard InChI is InChI=1S/C20H23N/c1-14-5-6-15(13-21-19-9-10-19)11-20(14)18-8-7-16-3-2-4-17(16)12-18/h5-8,11-12,19,21H,2-4,9-10,13H2,1H3. The third-order valence-electron chi connectivity index (χ3n) is 4.88. The number of hydrogen-bond donors (Lipinski definition) is 1. The molecule has 0 saturated heterocycles. The Kier molecular flexibility index (Phi) is 3.31. The molecule has 0 spiro atoms. The van der Waals surface area contributed by atoms with E-state index in [0.29, 0.717) is 0 Å². The van der Waals surface area contributed by atoms with Crippen molar-refractivity contribution in [1.29, 1.82) is 0 Å². The Morgan fingerprint density at radius 3 is 2.71 bits per heavy atom. The average Bonchev–Trinajstić information content (AvgIpc) is 3.21. The van der Waals surface area contributed by atoms with E-state index in [1.807, 2.05) is 0 Å². The minimum atomic E-state index is 0.773. The first-order chi connectivity index (χ1) is 10.3. The van der Waals surface area contributed by atoms with Crippen LogP contribution in [-0.2, 0) is 19.4 Å². The van der Waals surface area contributed by atoms with Crippen LogP contribution in [0, 0.1) is 6.92 Å². The van der Waals surface area contributed by atoms with Gasteiger partial charge in [-0.3, -0.25) is 0 Å². The van der Waals surface area contributed by atoms with E-state index in [9.17, 15) is 0 Å². The number of rotatable bonds is 4. The van der Waals surface area contributed by atoms with Crippen LogP contribution < -0.4 is 5.32 Å². The minimum absolute atomic E-state index is 0.773. The third kappa shape index (κ3) is 2.75. The lowest BCUT2D eigenvalue weighted by molar-refractivity contribution is 0.688. The summed E-state index contributed by atoms with van der Waals surface area (Å²) in [6.45, 7) is 3.23. The van der Waals surface area contributed by atoms with Gasteiger partial charge in [0.25, 0.3) is 0 Å². The topological polar surface area (TPSA) is 12.0 Å². The highest BCUT2D eigenvalue weighted by Crippen LogP contribution is 2.30. The summed E-state index contributed by atoms with van der Waals surface area (Å²) in [5.74, 6) is 0. The summed E-state index contributed by atoms with van der Waals surface area (Å²) >= 11 is 0. The zero-order valence-electron chi connectivity index (χ0n) is 12.8. The fraction of sp³-hybridized carbons (Fsp3) is 0.400. The van der Waals surface area contributed by atoms with E-state index < -0.39 is 0 Å². The van der Waals surface area contributed by atoms with Gasteiger partial charge in [0.1, 0.15) is 0 Å². The van der Waals surface area contributed by atoms with E-state index in [1.54, 1.807) is 11.1 Å². The van der Waals surface area contributed by atoms with Gasteiger partial charge in [-0.25, -0.2) is 0 Å². The summed E-state index contributed by atoms with van der Waals surface area (Å²) in [4.78, 5) is 0. The van der Waals surface area contributed by atoms with Crippen LogP contribution in [0.1, 0.15) is 41.5 Å². The molecule has 0 atom stereocenters. The van der Waals surface area contributed by atoms with Gasteiger partial charge in [-0.1, -0.05) is 30.3 Å². The molecule has 2 aromatic rings. The quantitative estimate of drug-likeness (QED) is 0.873. The van der Waals surface area contributed by atoms with E-state index in [2.05, 4.69) is 48.6 Å². The van der Waals surface area contributed by atoms with Crippen LogP contribution >= 0.6 is 0 Å². The molecule has 0 heterocycles. The minimum Gasteiger partial charge on any atom is -0.310 e. The average molecular weight is 277 g/mol. The van der Waals surface area contributed by atoms with Gasteiger partial charge in [0.15, 0.2) is 0 Å². The molecule has 2 aliphatic carbocycles. The number of aryl methyl sites for hydroxylation is 3. The largest absolute Gasteiger partial charge is 0.310 e. The van der Waals surface area contributed by atoms with Crippen LogP contribution in [0.25, 0.3) is 11.1 Å². The molecule has 0 bridgehead atoms. The Hall–Kier alpha value is -1.60. The summed E-state index contributed by atoms with van der Waals surface area (Å²) in [5.41, 5.74) is 8.70. The smallest absolute Gasteiger partial charge is 0.0208 e. The Morgan fingerprint density at radius 1 is 1.00 bits per heavy atom. The van der Waals surface area contributed by atoms with Gasteiger partial charge in [0.2, 0.25) is 0 Å². The Labute approximate surface area is 127 Å². The van der Waals surface area contributed by atoms with Crippen LogP contribution in [0.4, 0.5) is 0 Å². The molecule has 1 saturated carbocycles. The zero-order valence-corrected chi connectivity index (χ0v) is 12.8. The van der Waals surface area contributed by atoms with E-state index in [1.165, 1.54) is 54.4 Å². The van der Waals surface area contributed by atoms with Crippen LogP contribution in [0.2, 0.25) is 0 Å². The van der Waals surface area contributed by atoms with Crippen molar-refractivity contribution in [1.82, 2.24) is 5.32 Å². The van der Waals surface area contributed by atoms with Crippen LogP contribution in [-0.4, -0.2) is 6.04 Å². The van der Waals surface area contributed by atoms with Crippen molar-refractivity contribution in [3.8, 4) is 11.1 Å². The molecule has 0 aliphatic heterocycles. The van der Waals surface area contributed by atoms with Gasteiger partial charge in [-0.15, -0.1) is 0 Å². The summed E-state index contributed by atoms with van der Waals surface area (Å²) in [7, 11) is 0. The summed E-state index contributed by atoms with van der Waals surface area (Å²) in [6, 6.07) is 14.8. The van der Waals surface area contributed by atoms with E-state index in [0.717, 1.165) is 12.6 Å². The molecule has 0 aromatic heterocycles. The molecular formula is C20H23N. The SMILES string of the molecule is Cc1ccc(CNC2CC2)cc1-c1ccc2c(c1)CCC2. The molecule has 21 heavy (non-hydrogen) atoms. The summed E-state index contributed by atoms with van der Waals surface area (Å²) in [5, 5.41) is 3.61. The Balaban J connectivity index is 1.64. The van der Waals surface area contributed by atoms with Crippen LogP contribution in [0.3, 0.4) is 0 Å². The fourth-order valence-electron chi connectivity index (χ4n) is 3.38. The molecule has 1 heteroatoms. The highest BCUT2D eigenvalue weighted by Gasteiger charge is 2.20. The first kappa shape index (κ1) is 13.1. The fourth-order valence-corrected chi connectivity index (χ4v) is 3.38. The zero-order chi connectivity index (χ0) is 14.2. The van der Waals surface area contributed by atoms with Gasteiger partial charge >= 0.3 is 0 Å². The molecule has 0 radical (unpaired) electrons. The van der Waals surface area contributed by atoms with E-state index in [4.69, 9.17) is 0 Å². The van der Waals surface area contributed by atoms with Gasteiger partial charge in [-0.05, 0) is 78.5 Å². The van der Waals surface area contributed by atoms with Crippen molar-refractivity contribution in [2.45, 2.75) is 51.6 Å². The molecule has 0 unspecified atom stereocenters. The molecule has 2 aliphatic rings. The molecule has 4 rings (SSSR count). The maximum atomic E-state index is 3.61. The molecule has 1 fully saturated rings. The predicted molar refractivity (Wildman–Crippen MR) is 88.5 cm³/mol. The van der Waals surface area contributed by atoms with Crippen molar-refractivity contribution in [2.24, 2.45) is 0 Å². The molecule has 108 valence electrons. The number of hydrogen-bond acceptors (Lipinski definition) is 1. The number of benzene rings is 2. The van der Waals surface area contributed by atoms with Gasteiger partial charge < -0.3 is 5.32 Å². The van der Waals surface area contributed by atoms with Gasteiger partial charge in [-0.2, -0.15) is 0 Å². The van der Waals surface area contributed by atoms with E-state index in [-0.39, 0.29) is 0 Å². The van der Waals surface area contributed by atoms with Crippen molar-refractivity contribution in [3.63, 3.8) is 0 Å². The van der Waals surface area contributed by atoms with Crippen molar-refractivity contribution in [3.05, 3.63) is 58.7 Å². The van der Waals surface area contributed by atoms with Gasteiger partial charge in [0, 0.05) is 12.6 Å². The molecule has 1 nitrogen and oxygen atoms in total. The van der Waals surface area contributed by atoms with Crippen LogP contribution in [0.5, 0.6) is 0 Å². The monoisotopic (exact) mass is 277 g/mol. The second-order valence-corrected chi connectivity index (χ2v) is 6.64. The lowest BCUT2D eigenvalue weighted by Gasteiger charge is -2.11. The lowest BCUT2D eigenvalue weighted by Crippen LogP contribution is -2.15. The summed E-state index contributed by atoms with van der Waals surface area (Å²) < 4.78 is 0. The van der Waals surface area contributed by atoms with Crippen molar-refractivity contribution < 1.29 is 0 Å². The number of fused-ring (bicyclic) bond motifs is 1. The molecular weight excluding hydrogens is 254 g/mol. The normalized spacial score (nSPS) is 17.0. The summed E-state index contributed by atoms with van der Waals surface area (Å²) in [6.07, 6.45) is 6.54. The first-order valence-corrected chi connectivity index (χ1v) is 8.25. The van der Waals surface area contributed by atoms with Crippen molar-refractivity contribution in [2.75, 3.05) is 0 Å². The Morgan fingerprint density at radius 2 is 1.86 bits per heavy atom. The molecule has 0 amide bonds. The van der Waals surface area contributed by atoms with Gasteiger partial charge in [0.05, 0.1) is 0 Å². The predicted octanol–water partition coefficient (Wildman–Crippen LogP) is 4.40. The maximum absolute atomic E-state index is 3.61. The molecule has 1 N–H and O–H groups in total. The van der Waals surface area contributed by atoms with Crippen LogP contribution in [0.15, 0.2) is 36.4 Å². The first-order valence-electron chi connectivity index (χ1n) is 8.25. The lowest BCUT2D eigenvalue weighted by atomic mass is 9.95. The van der Waals surface area contributed by atoms with E-state index >= 15 is 0 Å².